The SMILES string of the molecule is CCCCCCC/C=C\C/C=C\CCCCCCCCCCCCCCCCCCCCCCCCCCCCCCCC(=O)NC(COP(=O)([O-])OCC[N+](C)(C)C)C(O)CCCCCCCCCCCCCCCCCCCCCCCCCCCCCC. The largest absolute Gasteiger partial charge is 0.756 e. The van der Waals surface area contributed by atoms with Crippen LogP contribution in [0, 0.1) is 0 Å². The van der Waals surface area contributed by atoms with Gasteiger partial charge in [-0.3, -0.25) is 9.36 Å². The molecule has 3 unspecified atom stereocenters. The van der Waals surface area contributed by atoms with Crippen LogP contribution in [0.2, 0.25) is 0 Å². The standard InChI is InChI=1S/C82H163N2O6P/c1-6-8-10-12-14-16-18-20-22-24-26-28-30-32-34-36-37-38-39-40-41-42-43-44-45-46-47-48-50-52-54-56-58-60-62-64-66-68-70-72-74-76-82(86)83-80(79-90-91(87,88)89-78-77-84(3,4)5)81(85)75-73-71-69-67-65-63-61-59-57-55-53-51-49-35-33-31-29-27-25-23-21-19-17-15-13-11-9-7-2/h18,20,24,26,80-81,85H,6-17,19,21-23,25,27-79H2,1-5H3,(H-,83,86,87,88)/b20-18-,26-24-. The number of likely N-dealkylation sites (N-methyl/N-ethyl adjacent to an activating group) is 1. The number of carbonyl (C=O) groups is 1. The van der Waals surface area contributed by atoms with Gasteiger partial charge in [-0.1, -0.05) is 417 Å². The van der Waals surface area contributed by atoms with E-state index in [9.17, 15) is 19.4 Å². The zero-order valence-electron chi connectivity index (χ0n) is 62.3. The summed E-state index contributed by atoms with van der Waals surface area (Å²) in [7, 11) is 1.33. The Morgan fingerprint density at radius 2 is 0.637 bits per heavy atom. The minimum Gasteiger partial charge on any atom is -0.756 e. The normalized spacial score (nSPS) is 13.5. The van der Waals surface area contributed by atoms with Crippen LogP contribution in [-0.4, -0.2) is 68.5 Å². The van der Waals surface area contributed by atoms with Gasteiger partial charge < -0.3 is 28.8 Å². The Hall–Kier alpha value is -1.02. The lowest BCUT2D eigenvalue weighted by Crippen LogP contribution is -2.46. The number of unbranched alkanes of at least 4 members (excludes halogenated alkanes) is 61. The van der Waals surface area contributed by atoms with Crippen molar-refractivity contribution >= 4 is 13.7 Å². The van der Waals surface area contributed by atoms with Crippen LogP contribution in [0.5, 0.6) is 0 Å². The molecule has 91 heavy (non-hydrogen) atoms. The lowest BCUT2D eigenvalue weighted by molar-refractivity contribution is -0.870. The summed E-state index contributed by atoms with van der Waals surface area (Å²) >= 11 is 0. The Balaban J connectivity index is 3.86. The molecule has 0 spiro atoms. The number of nitrogens with zero attached hydrogens (tertiary/aromatic N) is 1. The molecule has 8 nitrogen and oxygen atoms in total. The fourth-order valence-corrected chi connectivity index (χ4v) is 13.8. The summed E-state index contributed by atoms with van der Waals surface area (Å²) in [5, 5.41) is 14.2. The number of phosphoric ester groups is 1. The highest BCUT2D eigenvalue weighted by molar-refractivity contribution is 7.45. The Morgan fingerprint density at radius 3 is 0.912 bits per heavy atom. The van der Waals surface area contributed by atoms with Gasteiger partial charge in [0.05, 0.1) is 39.9 Å². The summed E-state index contributed by atoms with van der Waals surface area (Å²) in [4.78, 5) is 25.8. The molecule has 3 atom stereocenters. The first-order chi connectivity index (χ1) is 44.5. The molecule has 0 aliphatic rings. The second-order valence-corrected chi connectivity index (χ2v) is 31.3. The van der Waals surface area contributed by atoms with Crippen molar-refractivity contribution in [3.8, 4) is 0 Å². The Morgan fingerprint density at radius 1 is 0.385 bits per heavy atom. The van der Waals surface area contributed by atoms with Crippen LogP contribution < -0.4 is 10.2 Å². The number of carbonyl (C=O) groups excluding carboxylic acids is 1. The van der Waals surface area contributed by atoms with Gasteiger partial charge in [0.2, 0.25) is 5.91 Å². The van der Waals surface area contributed by atoms with Gasteiger partial charge in [-0.25, -0.2) is 0 Å². The molecule has 0 radical (unpaired) electrons. The third-order valence-corrected chi connectivity index (χ3v) is 20.4. The maximum Gasteiger partial charge on any atom is 0.268 e. The molecule has 9 heteroatoms. The molecule has 0 bridgehead atoms. The van der Waals surface area contributed by atoms with Gasteiger partial charge in [-0.15, -0.1) is 0 Å². The third kappa shape index (κ3) is 76.2. The summed E-state index contributed by atoms with van der Waals surface area (Å²) in [6.07, 6.45) is 97.5. The van der Waals surface area contributed by atoms with Crippen molar-refractivity contribution in [1.82, 2.24) is 5.32 Å². The second-order valence-electron chi connectivity index (χ2n) is 29.8. The highest BCUT2D eigenvalue weighted by Crippen LogP contribution is 2.38. The van der Waals surface area contributed by atoms with Crippen molar-refractivity contribution < 1.29 is 32.9 Å². The van der Waals surface area contributed by atoms with Crippen molar-refractivity contribution in [2.75, 3.05) is 40.9 Å². The van der Waals surface area contributed by atoms with Gasteiger partial charge in [0.25, 0.3) is 7.82 Å². The van der Waals surface area contributed by atoms with Crippen LogP contribution in [0.15, 0.2) is 24.3 Å². The van der Waals surface area contributed by atoms with Gasteiger partial charge in [0.15, 0.2) is 0 Å². The number of phosphoric acid groups is 1. The predicted octanol–water partition coefficient (Wildman–Crippen LogP) is 26.3. The van der Waals surface area contributed by atoms with Crippen molar-refractivity contribution in [3.63, 3.8) is 0 Å². The number of aliphatic hydroxyl groups excluding tert-OH is 1. The number of quaternary nitrogens is 1. The maximum atomic E-state index is 13.1. The lowest BCUT2D eigenvalue weighted by atomic mass is 10.0. The molecule has 1 amide bonds. The summed E-state index contributed by atoms with van der Waals surface area (Å²) in [5.74, 6) is -0.153. The van der Waals surface area contributed by atoms with E-state index in [0.29, 0.717) is 23.9 Å². The molecule has 0 aliphatic heterocycles. The van der Waals surface area contributed by atoms with Gasteiger partial charge in [0.1, 0.15) is 13.2 Å². The first-order valence-corrected chi connectivity index (χ1v) is 42.6. The molecule has 2 N–H and O–H groups in total. The molecular weight excluding hydrogens is 1140 g/mol. The monoisotopic (exact) mass is 1300 g/mol. The molecule has 0 saturated carbocycles. The smallest absolute Gasteiger partial charge is 0.268 e. The van der Waals surface area contributed by atoms with Crippen LogP contribution in [0.3, 0.4) is 0 Å². The maximum absolute atomic E-state index is 13.1. The summed E-state index contributed by atoms with van der Waals surface area (Å²) in [6, 6.07) is -0.799. The molecule has 0 rings (SSSR count). The van der Waals surface area contributed by atoms with Crippen molar-refractivity contribution in [2.24, 2.45) is 0 Å². The molecule has 0 fully saturated rings. The first-order valence-electron chi connectivity index (χ1n) is 41.2. The molecule has 0 aromatic carbocycles. The summed E-state index contributed by atoms with van der Waals surface area (Å²) in [5.41, 5.74) is 0. The minimum atomic E-state index is -4.58. The quantitative estimate of drug-likeness (QED) is 0.0272. The Kier molecular flexibility index (Phi) is 72.4. The fraction of sp³-hybridized carbons (Fsp3) is 0.939. The predicted molar refractivity (Wildman–Crippen MR) is 399 cm³/mol. The highest BCUT2D eigenvalue weighted by Gasteiger charge is 2.24. The molecule has 0 aromatic rings. The van der Waals surface area contributed by atoms with E-state index in [1.54, 1.807) is 0 Å². The van der Waals surface area contributed by atoms with E-state index >= 15 is 0 Å². The molecule has 0 aliphatic carbocycles. The van der Waals surface area contributed by atoms with Crippen LogP contribution >= 0.6 is 7.82 Å². The molecular formula is C82H163N2O6P. The van der Waals surface area contributed by atoms with Crippen LogP contribution in [0.4, 0.5) is 0 Å². The fourth-order valence-electron chi connectivity index (χ4n) is 13.1. The van der Waals surface area contributed by atoms with E-state index < -0.39 is 20.0 Å². The minimum absolute atomic E-state index is 0.0160. The van der Waals surface area contributed by atoms with Crippen LogP contribution in [-0.2, 0) is 18.4 Å². The number of nitrogens with one attached hydrogen (secondary N) is 1. The topological polar surface area (TPSA) is 108 Å². The van der Waals surface area contributed by atoms with Crippen molar-refractivity contribution in [3.05, 3.63) is 24.3 Å². The van der Waals surface area contributed by atoms with E-state index in [1.807, 2.05) is 21.1 Å². The van der Waals surface area contributed by atoms with E-state index in [1.165, 1.54) is 372 Å². The summed E-state index contributed by atoms with van der Waals surface area (Å²) in [6.45, 7) is 4.79. The van der Waals surface area contributed by atoms with E-state index in [2.05, 4.69) is 43.5 Å². The van der Waals surface area contributed by atoms with E-state index in [4.69, 9.17) is 9.05 Å². The summed E-state index contributed by atoms with van der Waals surface area (Å²) < 4.78 is 23.6. The lowest BCUT2D eigenvalue weighted by Gasteiger charge is -2.30. The van der Waals surface area contributed by atoms with Gasteiger partial charge in [0, 0.05) is 6.42 Å². The number of hydrogen-bond acceptors (Lipinski definition) is 6. The second kappa shape index (κ2) is 73.2. The highest BCUT2D eigenvalue weighted by atomic mass is 31.2. The van der Waals surface area contributed by atoms with Crippen LogP contribution in [0.1, 0.15) is 444 Å². The average molecular weight is 1300 g/mol. The number of allylic oxidation sites excluding steroid dienone is 4. The van der Waals surface area contributed by atoms with Gasteiger partial charge in [-0.2, -0.15) is 0 Å². The van der Waals surface area contributed by atoms with Gasteiger partial charge in [-0.05, 0) is 44.9 Å². The van der Waals surface area contributed by atoms with E-state index in [0.717, 1.165) is 44.9 Å². The number of rotatable bonds is 78. The van der Waals surface area contributed by atoms with Crippen molar-refractivity contribution in [1.29, 1.82) is 0 Å². The third-order valence-electron chi connectivity index (χ3n) is 19.4. The van der Waals surface area contributed by atoms with Gasteiger partial charge >= 0.3 is 0 Å². The van der Waals surface area contributed by atoms with Crippen molar-refractivity contribution in [2.45, 2.75) is 456 Å². The number of amides is 1. The Labute approximate surface area is 570 Å². The van der Waals surface area contributed by atoms with Crippen LogP contribution in [0.25, 0.3) is 0 Å². The van der Waals surface area contributed by atoms with E-state index in [-0.39, 0.29) is 19.1 Å². The molecule has 542 valence electrons. The number of hydrogen-bond donors (Lipinski definition) is 2. The zero-order valence-corrected chi connectivity index (χ0v) is 63.2. The zero-order chi connectivity index (χ0) is 66.2. The molecule has 0 aromatic heterocycles. The molecule has 0 heterocycles. The molecule has 0 saturated heterocycles. The Bertz CT molecular complexity index is 1530. The first kappa shape index (κ1) is 90.0. The average Bonchev–Trinajstić information content (AvgIpc) is 3.59. The number of aliphatic hydroxyl groups is 1.